The topological polar surface area (TPSA) is 49.4 Å². The number of thioether (sulfide) groups is 1. The third-order valence-corrected chi connectivity index (χ3v) is 6.14. The second-order valence-electron chi connectivity index (χ2n) is 7.84. The molecule has 0 unspecified atom stereocenters. The predicted molar refractivity (Wildman–Crippen MR) is 126 cm³/mol. The number of rotatable bonds is 10. The van der Waals surface area contributed by atoms with Gasteiger partial charge >= 0.3 is 0 Å². The van der Waals surface area contributed by atoms with Gasteiger partial charge in [-0.05, 0) is 43.5 Å². The van der Waals surface area contributed by atoms with E-state index >= 15 is 0 Å². The van der Waals surface area contributed by atoms with Crippen molar-refractivity contribution < 1.29 is 9.59 Å². The molecule has 0 saturated heterocycles. The summed E-state index contributed by atoms with van der Waals surface area (Å²) < 4.78 is 0. The molecule has 30 heavy (non-hydrogen) atoms. The molecule has 6 heteroatoms. The van der Waals surface area contributed by atoms with Gasteiger partial charge < -0.3 is 10.2 Å². The third kappa shape index (κ3) is 7.69. The number of nitrogens with one attached hydrogen (secondary N) is 1. The van der Waals surface area contributed by atoms with Gasteiger partial charge in [0.15, 0.2) is 0 Å². The minimum atomic E-state index is -0.572. The molecule has 4 nitrogen and oxygen atoms in total. The molecule has 162 valence electrons. The lowest BCUT2D eigenvalue weighted by Crippen LogP contribution is -2.48. The number of carbonyl (C=O) groups excluding carboxylic acids is 2. The summed E-state index contributed by atoms with van der Waals surface area (Å²) in [4.78, 5) is 28.5. The summed E-state index contributed by atoms with van der Waals surface area (Å²) in [6.45, 7) is 8.80. The summed E-state index contributed by atoms with van der Waals surface area (Å²) in [7, 11) is 0. The first-order valence-electron chi connectivity index (χ1n) is 10.3. The van der Waals surface area contributed by atoms with Crippen molar-refractivity contribution in [1.29, 1.82) is 0 Å². The molecule has 0 fully saturated rings. The lowest BCUT2D eigenvalue weighted by molar-refractivity contribution is -0.140. The number of hydrogen-bond donors (Lipinski definition) is 1. The number of nitrogens with zero attached hydrogens (tertiary/aromatic N) is 1. The van der Waals surface area contributed by atoms with Crippen LogP contribution in [-0.4, -0.2) is 35.1 Å². The fraction of sp³-hybridized carbons (Fsp3) is 0.417. The van der Waals surface area contributed by atoms with Crippen molar-refractivity contribution in [1.82, 2.24) is 10.2 Å². The SMILES string of the molecule is Cc1ccc(SCCC(=O)N(Cc2ccccc2Cl)[C@H](C)C(=O)NCC(C)C)cc1. The second-order valence-corrected chi connectivity index (χ2v) is 9.42. The van der Waals surface area contributed by atoms with Gasteiger partial charge in [-0.2, -0.15) is 0 Å². The summed E-state index contributed by atoms with van der Waals surface area (Å²) in [5, 5.41) is 3.53. The molecule has 1 N–H and O–H groups in total. The third-order valence-electron chi connectivity index (χ3n) is 4.76. The monoisotopic (exact) mass is 446 g/mol. The number of aryl methyl sites for hydroxylation is 1. The molecule has 0 bridgehead atoms. The van der Waals surface area contributed by atoms with E-state index in [2.05, 4.69) is 36.5 Å². The predicted octanol–water partition coefficient (Wildman–Crippen LogP) is 5.32. The van der Waals surface area contributed by atoms with Gasteiger partial charge in [0.25, 0.3) is 0 Å². The van der Waals surface area contributed by atoms with E-state index in [1.165, 1.54) is 5.56 Å². The number of benzene rings is 2. The van der Waals surface area contributed by atoms with E-state index in [9.17, 15) is 9.59 Å². The largest absolute Gasteiger partial charge is 0.354 e. The Balaban J connectivity index is 2.06. The fourth-order valence-corrected chi connectivity index (χ4v) is 3.92. The van der Waals surface area contributed by atoms with Gasteiger partial charge in [0.2, 0.25) is 11.8 Å². The highest BCUT2D eigenvalue weighted by Crippen LogP contribution is 2.22. The number of hydrogen-bond acceptors (Lipinski definition) is 3. The molecule has 0 heterocycles. The molecule has 0 aliphatic heterocycles. The van der Waals surface area contributed by atoms with Gasteiger partial charge in [-0.1, -0.05) is 61.3 Å². The number of carbonyl (C=O) groups is 2. The van der Waals surface area contributed by atoms with Crippen molar-refractivity contribution >= 4 is 35.2 Å². The number of halogens is 1. The van der Waals surface area contributed by atoms with E-state index in [-0.39, 0.29) is 11.8 Å². The smallest absolute Gasteiger partial charge is 0.242 e. The quantitative estimate of drug-likeness (QED) is 0.502. The van der Waals surface area contributed by atoms with E-state index in [4.69, 9.17) is 11.6 Å². The van der Waals surface area contributed by atoms with E-state index in [1.807, 2.05) is 32.0 Å². The van der Waals surface area contributed by atoms with Crippen LogP contribution in [0.15, 0.2) is 53.4 Å². The zero-order valence-corrected chi connectivity index (χ0v) is 19.7. The van der Waals surface area contributed by atoms with Crippen LogP contribution in [-0.2, 0) is 16.1 Å². The van der Waals surface area contributed by atoms with Gasteiger partial charge in [-0.3, -0.25) is 9.59 Å². The minimum Gasteiger partial charge on any atom is -0.354 e. The Hall–Kier alpha value is -1.98. The Bertz CT molecular complexity index is 839. The average molecular weight is 447 g/mol. The van der Waals surface area contributed by atoms with E-state index in [1.54, 1.807) is 29.7 Å². The van der Waals surface area contributed by atoms with E-state index in [0.29, 0.717) is 36.2 Å². The van der Waals surface area contributed by atoms with Crippen LogP contribution < -0.4 is 5.32 Å². The molecule has 0 radical (unpaired) electrons. The maximum absolute atomic E-state index is 13.1. The Kier molecular flexibility index (Phi) is 9.73. The van der Waals surface area contributed by atoms with Crippen LogP contribution >= 0.6 is 23.4 Å². The van der Waals surface area contributed by atoms with Crippen molar-refractivity contribution in [3.05, 3.63) is 64.7 Å². The van der Waals surface area contributed by atoms with Crippen molar-refractivity contribution in [3.63, 3.8) is 0 Å². The Morgan fingerprint density at radius 2 is 1.73 bits per heavy atom. The van der Waals surface area contributed by atoms with Crippen LogP contribution in [0.1, 0.15) is 38.3 Å². The minimum absolute atomic E-state index is 0.0540. The molecule has 0 aromatic heterocycles. The van der Waals surface area contributed by atoms with Crippen molar-refractivity contribution in [2.24, 2.45) is 5.92 Å². The number of amides is 2. The first-order valence-corrected chi connectivity index (χ1v) is 11.6. The molecule has 1 atom stereocenters. The van der Waals surface area contributed by atoms with Gasteiger partial charge in [-0.15, -0.1) is 11.8 Å². The Labute approximate surface area is 189 Å². The van der Waals surface area contributed by atoms with Crippen LogP contribution in [0.25, 0.3) is 0 Å². The molecule has 2 rings (SSSR count). The summed E-state index contributed by atoms with van der Waals surface area (Å²) in [6.07, 6.45) is 0.352. The van der Waals surface area contributed by atoms with Gasteiger partial charge in [0, 0.05) is 35.2 Å². The van der Waals surface area contributed by atoms with Crippen molar-refractivity contribution in [3.8, 4) is 0 Å². The van der Waals surface area contributed by atoms with Crippen LogP contribution in [0, 0.1) is 12.8 Å². The summed E-state index contributed by atoms with van der Waals surface area (Å²) >= 11 is 7.96. The molecular formula is C24H31ClN2O2S. The maximum atomic E-state index is 13.1. The van der Waals surface area contributed by atoms with Crippen LogP contribution in [0.4, 0.5) is 0 Å². The van der Waals surface area contributed by atoms with Gasteiger partial charge in [0.05, 0.1) is 0 Å². The van der Waals surface area contributed by atoms with E-state index in [0.717, 1.165) is 10.5 Å². The van der Waals surface area contributed by atoms with E-state index < -0.39 is 6.04 Å². The fourth-order valence-electron chi connectivity index (χ4n) is 2.88. The van der Waals surface area contributed by atoms with Crippen LogP contribution in [0.3, 0.4) is 0 Å². The average Bonchev–Trinajstić information content (AvgIpc) is 2.72. The summed E-state index contributed by atoms with van der Waals surface area (Å²) in [6, 6.07) is 15.1. The maximum Gasteiger partial charge on any atom is 0.242 e. The molecular weight excluding hydrogens is 416 g/mol. The molecule has 2 aromatic rings. The first kappa shape index (κ1) is 24.3. The summed E-state index contributed by atoms with van der Waals surface area (Å²) in [5.41, 5.74) is 2.05. The van der Waals surface area contributed by atoms with Gasteiger partial charge in [-0.25, -0.2) is 0 Å². The Morgan fingerprint density at radius 3 is 2.37 bits per heavy atom. The molecule has 0 aliphatic carbocycles. The second kappa shape index (κ2) is 12.0. The Morgan fingerprint density at radius 1 is 1.07 bits per heavy atom. The summed E-state index contributed by atoms with van der Waals surface area (Å²) in [5.74, 6) is 0.804. The van der Waals surface area contributed by atoms with Crippen LogP contribution in [0.5, 0.6) is 0 Å². The van der Waals surface area contributed by atoms with Crippen molar-refractivity contribution in [2.75, 3.05) is 12.3 Å². The molecule has 0 spiro atoms. The molecule has 0 saturated carbocycles. The lowest BCUT2D eigenvalue weighted by atomic mass is 10.1. The molecule has 0 aliphatic rings. The normalized spacial score (nSPS) is 11.9. The molecule has 2 aromatic carbocycles. The highest BCUT2D eigenvalue weighted by atomic mass is 35.5. The first-order chi connectivity index (χ1) is 14.3. The zero-order valence-electron chi connectivity index (χ0n) is 18.2. The van der Waals surface area contributed by atoms with Crippen molar-refractivity contribution in [2.45, 2.75) is 51.6 Å². The lowest BCUT2D eigenvalue weighted by Gasteiger charge is -2.29. The zero-order chi connectivity index (χ0) is 22.1. The van der Waals surface area contributed by atoms with Gasteiger partial charge in [0.1, 0.15) is 6.04 Å². The highest BCUT2D eigenvalue weighted by Gasteiger charge is 2.26. The standard InChI is InChI=1S/C24H31ClN2O2S/c1-17(2)15-26-24(29)19(4)27(16-20-7-5-6-8-22(20)25)23(28)13-14-30-21-11-9-18(3)10-12-21/h5-12,17,19H,13-16H2,1-4H3,(H,26,29)/t19-/m1/s1. The highest BCUT2D eigenvalue weighted by molar-refractivity contribution is 7.99. The van der Waals surface area contributed by atoms with Crippen LogP contribution in [0.2, 0.25) is 5.02 Å². The molecule has 2 amide bonds.